The summed E-state index contributed by atoms with van der Waals surface area (Å²) in [5.41, 5.74) is 6.35. The first kappa shape index (κ1) is 58.5. The molecule has 2 aliphatic rings. The smallest absolute Gasteiger partial charge is 0.341 e. The third-order valence-corrected chi connectivity index (χ3v) is 16.2. The van der Waals surface area contributed by atoms with Crippen LogP contribution < -0.4 is 18.9 Å². The van der Waals surface area contributed by atoms with Crippen LogP contribution in [-0.4, -0.2) is 153 Å². The predicted octanol–water partition coefficient (Wildman–Crippen LogP) is 11.0. The Kier molecular flexibility index (Phi) is 17.6. The molecule has 0 bridgehead atoms. The second kappa shape index (κ2) is 25.9. The second-order valence-electron chi connectivity index (χ2n) is 21.4. The molecule has 444 valence electrons. The number of likely N-dealkylation sites (N-methyl/N-ethyl adjacent to an activating group) is 2. The number of methoxy groups -OCH3 is 4. The summed E-state index contributed by atoms with van der Waals surface area (Å²) in [7, 11) is 10.1. The number of piperazine rings is 2. The van der Waals surface area contributed by atoms with Crippen LogP contribution in [0.15, 0.2) is 149 Å². The number of esters is 2. The lowest BCUT2D eigenvalue weighted by Gasteiger charge is -2.39. The Balaban J connectivity index is 0.000000179. The number of hydrogen-bond acceptors (Lipinski definition) is 18. The van der Waals surface area contributed by atoms with Gasteiger partial charge in [-0.25, -0.2) is 14.0 Å². The molecule has 6 aromatic carbocycles. The molecule has 19 heteroatoms. The Morgan fingerprint density at radius 2 is 0.977 bits per heavy atom. The number of carbonyl (C=O) groups is 2. The van der Waals surface area contributed by atoms with E-state index in [4.69, 9.17) is 37.3 Å². The number of halogens is 1. The van der Waals surface area contributed by atoms with Gasteiger partial charge in [0, 0.05) is 133 Å². The van der Waals surface area contributed by atoms with Crippen LogP contribution in [-0.2, 0) is 22.5 Å². The molecule has 86 heavy (non-hydrogen) atoms. The molecule has 0 amide bonds. The van der Waals surface area contributed by atoms with Gasteiger partial charge in [-0.2, -0.15) is 0 Å². The molecule has 2 N–H and O–H groups in total. The maximum Gasteiger partial charge on any atom is 0.341 e. The first-order valence-electron chi connectivity index (χ1n) is 28.3. The van der Waals surface area contributed by atoms with Crippen LogP contribution in [0.4, 0.5) is 4.39 Å². The van der Waals surface area contributed by atoms with Gasteiger partial charge < -0.3 is 57.3 Å². The lowest BCUT2D eigenvalue weighted by molar-refractivity contribution is 0.0592. The van der Waals surface area contributed by atoms with Crippen molar-refractivity contribution in [1.82, 2.24) is 29.6 Å². The summed E-state index contributed by atoms with van der Waals surface area (Å²) in [6.45, 7) is 7.13. The van der Waals surface area contributed by atoms with E-state index in [0.29, 0.717) is 90.6 Å². The summed E-state index contributed by atoms with van der Waals surface area (Å²) in [4.78, 5) is 43.5. The molecule has 2 aliphatic heterocycles. The minimum absolute atomic E-state index is 0.0343. The van der Waals surface area contributed by atoms with Crippen molar-refractivity contribution in [3.63, 3.8) is 0 Å². The number of nitrogens with zero attached hydrogens (tertiary/aromatic N) is 6. The fourth-order valence-electron chi connectivity index (χ4n) is 11.7. The van der Waals surface area contributed by atoms with Gasteiger partial charge in [0.1, 0.15) is 81.7 Å². The largest absolute Gasteiger partial charge is 0.507 e. The molecule has 2 saturated heterocycles. The van der Waals surface area contributed by atoms with Gasteiger partial charge in [0.05, 0.1) is 47.1 Å². The van der Waals surface area contributed by atoms with E-state index in [0.717, 1.165) is 74.6 Å². The molecule has 12 rings (SSSR count). The molecule has 10 aromatic rings. The van der Waals surface area contributed by atoms with Crippen LogP contribution in [0.1, 0.15) is 66.2 Å². The lowest BCUT2D eigenvalue weighted by Crippen LogP contribution is -2.46. The highest BCUT2D eigenvalue weighted by Gasteiger charge is 2.36. The van der Waals surface area contributed by atoms with Gasteiger partial charge in [0.15, 0.2) is 0 Å². The zero-order valence-electron chi connectivity index (χ0n) is 48.8. The van der Waals surface area contributed by atoms with E-state index >= 15 is 0 Å². The van der Waals surface area contributed by atoms with E-state index in [2.05, 4.69) is 43.7 Å². The third-order valence-electron chi connectivity index (χ3n) is 16.2. The predicted molar refractivity (Wildman–Crippen MR) is 323 cm³/mol. The number of hydrogen-bond donors (Lipinski definition) is 2. The Hall–Kier alpha value is -9.27. The second-order valence-corrected chi connectivity index (χ2v) is 21.4. The SMILES string of the molecule is COC(=O)c1coc2c1c(C(c1ccncc1)N1CCN(C)CC1)c(O)c1cc(OCCc3cc(OC)cc(OC)c3)ccc12.COC(=O)c1coc2c1c(C(c1ccncc1)N1CCN(C)CC1)c(O)c1cc(OCc3ccc(F)cc3)ccc12. The number of phenolic OH excluding ortho intramolecular Hbond substituents is 2. The Morgan fingerprint density at radius 3 is 1.41 bits per heavy atom. The number of ether oxygens (including phenoxy) is 6. The zero-order chi connectivity index (χ0) is 60.0. The molecule has 18 nitrogen and oxygen atoms in total. The number of benzene rings is 6. The van der Waals surface area contributed by atoms with E-state index < -0.39 is 11.9 Å². The number of aromatic nitrogens is 2. The minimum Gasteiger partial charge on any atom is -0.507 e. The van der Waals surface area contributed by atoms with Crippen molar-refractivity contribution in [2.75, 3.05) is 101 Å². The van der Waals surface area contributed by atoms with Gasteiger partial charge in [-0.3, -0.25) is 19.8 Å². The van der Waals surface area contributed by atoms with Crippen molar-refractivity contribution in [2.24, 2.45) is 0 Å². The molecule has 2 fully saturated rings. The van der Waals surface area contributed by atoms with E-state index in [9.17, 15) is 24.2 Å². The molecule has 4 aromatic heterocycles. The molecule has 2 atom stereocenters. The Labute approximate surface area is 496 Å². The molecule has 0 radical (unpaired) electrons. The fourth-order valence-corrected chi connectivity index (χ4v) is 11.7. The quantitative estimate of drug-likeness (QED) is 0.0816. The van der Waals surface area contributed by atoms with Crippen molar-refractivity contribution in [1.29, 1.82) is 0 Å². The highest BCUT2D eigenvalue weighted by Crippen LogP contribution is 2.49. The lowest BCUT2D eigenvalue weighted by atomic mass is 9.89. The molecule has 0 aliphatic carbocycles. The molecule has 0 saturated carbocycles. The molecular formula is C67H67FN6O12. The van der Waals surface area contributed by atoms with E-state index in [1.165, 1.54) is 38.9 Å². The highest BCUT2D eigenvalue weighted by atomic mass is 19.1. The van der Waals surface area contributed by atoms with E-state index in [-0.39, 0.29) is 47.1 Å². The van der Waals surface area contributed by atoms with Crippen LogP contribution in [0.5, 0.6) is 34.5 Å². The summed E-state index contributed by atoms with van der Waals surface area (Å²) >= 11 is 0. The van der Waals surface area contributed by atoms with Gasteiger partial charge >= 0.3 is 11.9 Å². The number of furan rings is 2. The maximum absolute atomic E-state index is 13.3. The number of fused-ring (bicyclic) bond motifs is 6. The van der Waals surface area contributed by atoms with Gasteiger partial charge in [-0.15, -0.1) is 0 Å². The molecular weight excluding hydrogens is 1100 g/mol. The summed E-state index contributed by atoms with van der Waals surface area (Å²) in [5, 5.41) is 27.7. The van der Waals surface area contributed by atoms with Crippen LogP contribution in [0.25, 0.3) is 43.5 Å². The minimum atomic E-state index is -0.546. The van der Waals surface area contributed by atoms with E-state index in [1.54, 1.807) is 63.3 Å². The van der Waals surface area contributed by atoms with Crippen LogP contribution >= 0.6 is 0 Å². The average Bonchev–Trinajstić information content (AvgIpc) is 1.48. The third kappa shape index (κ3) is 12.0. The zero-order valence-corrected chi connectivity index (χ0v) is 48.8. The maximum atomic E-state index is 13.3. The van der Waals surface area contributed by atoms with Gasteiger partial charge in [0.2, 0.25) is 0 Å². The van der Waals surface area contributed by atoms with Crippen molar-refractivity contribution >= 4 is 55.4 Å². The van der Waals surface area contributed by atoms with Gasteiger partial charge in [0.25, 0.3) is 0 Å². The standard InChI is InChI=1S/C35H37N3O7.C32H30FN3O5/c1-37-12-14-38(15-13-37)32(23-7-10-36-11-8-23)31-30-29(35(40)43-4)21-45-34(30)27-6-5-24(20-28(27)33(31)39)44-16-9-22-17-25(41-2)19-26(18-22)42-3;1-35-13-15-36(16-14-35)29(21-9-11-34-12-10-21)28-27-26(32(38)39-2)19-41-31(27)24-8-7-23(17-25(24)30(28)37)40-18-20-3-5-22(33)6-4-20/h5-8,10-11,17-21,32,39H,9,12-16H2,1-4H3;3-12,17,19,29,37H,13-16,18H2,1-2H3. The van der Waals surface area contributed by atoms with E-state index in [1.807, 2.05) is 66.7 Å². The fraction of sp³-hybridized carbons (Fsp3) is 0.284. The number of phenols is 2. The van der Waals surface area contributed by atoms with Crippen LogP contribution in [0, 0.1) is 5.82 Å². The number of aromatic hydroxyl groups is 2. The van der Waals surface area contributed by atoms with Crippen molar-refractivity contribution < 1.29 is 61.4 Å². The number of carbonyl (C=O) groups excluding carboxylic acids is 2. The Morgan fingerprint density at radius 1 is 0.535 bits per heavy atom. The normalized spacial score (nSPS) is 15.1. The average molecular weight is 1170 g/mol. The van der Waals surface area contributed by atoms with Crippen molar-refractivity contribution in [2.45, 2.75) is 25.1 Å². The van der Waals surface area contributed by atoms with Gasteiger partial charge in [-0.05, 0) is 121 Å². The topological polar surface area (TPSA) is 195 Å². The van der Waals surface area contributed by atoms with Crippen molar-refractivity contribution in [3.8, 4) is 34.5 Å². The summed E-state index contributed by atoms with van der Waals surface area (Å²) in [5.74, 6) is 1.26. The first-order chi connectivity index (χ1) is 41.8. The summed E-state index contributed by atoms with van der Waals surface area (Å²) in [6.07, 6.45) is 10.4. The summed E-state index contributed by atoms with van der Waals surface area (Å²) < 4.78 is 58.7. The molecule has 6 heterocycles. The van der Waals surface area contributed by atoms with Crippen LogP contribution in [0.2, 0.25) is 0 Å². The Bertz CT molecular complexity index is 4010. The first-order valence-corrected chi connectivity index (χ1v) is 28.3. The number of rotatable bonds is 17. The van der Waals surface area contributed by atoms with Crippen LogP contribution in [0.3, 0.4) is 0 Å². The van der Waals surface area contributed by atoms with Crippen molar-refractivity contribution in [3.05, 3.63) is 191 Å². The van der Waals surface area contributed by atoms with Gasteiger partial charge in [-0.1, -0.05) is 12.1 Å². The monoisotopic (exact) mass is 1170 g/mol. The number of pyridine rings is 2. The summed E-state index contributed by atoms with van der Waals surface area (Å²) in [6, 6.07) is 29.7. The molecule has 2 unspecified atom stereocenters. The molecule has 0 spiro atoms. The highest BCUT2D eigenvalue weighted by molar-refractivity contribution is 6.17.